The standard InChI is InChI=1S/C19H23N7O/c1-12-23-17(14-6-8-27-10-14)18-19(21-11-22-26(12)18)25-7-5-15-13(9-25)3-4-16(20-2)24-15/h3-4,11,14H,5-10H2,1-2H3,(H,20,24)/t14-/m1/s1. The molecule has 0 aromatic carbocycles. The number of pyridine rings is 1. The van der Waals surface area contributed by atoms with Gasteiger partial charge in [-0.2, -0.15) is 5.10 Å². The Kier molecular flexibility index (Phi) is 3.93. The first-order valence-electron chi connectivity index (χ1n) is 9.44. The normalized spacial score (nSPS) is 19.5. The Hall–Kier alpha value is -2.74. The molecule has 0 aliphatic carbocycles. The minimum absolute atomic E-state index is 0.315. The van der Waals surface area contributed by atoms with Gasteiger partial charge in [0.25, 0.3) is 0 Å². The Morgan fingerprint density at radius 3 is 3.00 bits per heavy atom. The molecule has 8 heteroatoms. The summed E-state index contributed by atoms with van der Waals surface area (Å²) in [7, 11) is 1.90. The van der Waals surface area contributed by atoms with E-state index in [-0.39, 0.29) is 0 Å². The van der Waals surface area contributed by atoms with Crippen LogP contribution in [-0.4, -0.2) is 51.4 Å². The monoisotopic (exact) mass is 365 g/mol. The molecule has 140 valence electrons. The summed E-state index contributed by atoms with van der Waals surface area (Å²) in [6.45, 7) is 5.19. The molecule has 8 nitrogen and oxygen atoms in total. The van der Waals surface area contributed by atoms with Crippen LogP contribution in [0.1, 0.15) is 35.1 Å². The fourth-order valence-electron chi connectivity index (χ4n) is 4.09. The first-order valence-corrected chi connectivity index (χ1v) is 9.44. The number of imidazole rings is 1. The van der Waals surface area contributed by atoms with Crippen molar-refractivity contribution in [1.82, 2.24) is 24.6 Å². The van der Waals surface area contributed by atoms with E-state index in [1.165, 1.54) is 5.56 Å². The van der Waals surface area contributed by atoms with Crippen molar-refractivity contribution < 1.29 is 4.74 Å². The first-order chi connectivity index (χ1) is 13.2. The Labute approximate surface area is 157 Å². The molecule has 5 heterocycles. The molecule has 1 fully saturated rings. The fraction of sp³-hybridized carbons (Fsp3) is 0.474. The third-order valence-electron chi connectivity index (χ3n) is 5.52. The third kappa shape index (κ3) is 2.71. The molecule has 3 aromatic rings. The molecule has 0 bridgehead atoms. The maximum Gasteiger partial charge on any atom is 0.158 e. The number of anilines is 2. The molecule has 2 aliphatic heterocycles. The number of aryl methyl sites for hydroxylation is 1. The van der Waals surface area contributed by atoms with Gasteiger partial charge in [0.05, 0.1) is 12.3 Å². The summed E-state index contributed by atoms with van der Waals surface area (Å²) in [5.41, 5.74) is 4.50. The number of fused-ring (bicyclic) bond motifs is 2. The van der Waals surface area contributed by atoms with Gasteiger partial charge in [0.15, 0.2) is 5.82 Å². The smallest absolute Gasteiger partial charge is 0.158 e. The summed E-state index contributed by atoms with van der Waals surface area (Å²) in [5, 5.41) is 7.57. The molecular formula is C19H23N7O. The van der Waals surface area contributed by atoms with Crippen molar-refractivity contribution in [2.45, 2.75) is 32.2 Å². The molecule has 0 radical (unpaired) electrons. The summed E-state index contributed by atoms with van der Waals surface area (Å²) >= 11 is 0. The van der Waals surface area contributed by atoms with Crippen LogP contribution in [-0.2, 0) is 17.7 Å². The molecule has 1 N–H and O–H groups in total. The highest BCUT2D eigenvalue weighted by molar-refractivity contribution is 5.73. The van der Waals surface area contributed by atoms with Gasteiger partial charge in [-0.1, -0.05) is 6.07 Å². The Balaban J connectivity index is 1.57. The van der Waals surface area contributed by atoms with Crippen molar-refractivity contribution in [3.63, 3.8) is 0 Å². The lowest BCUT2D eigenvalue weighted by atomic mass is 10.0. The second kappa shape index (κ2) is 6.45. The molecule has 0 amide bonds. The van der Waals surface area contributed by atoms with E-state index in [1.54, 1.807) is 6.33 Å². The molecule has 5 rings (SSSR count). The molecule has 1 atom stereocenters. The molecular weight excluding hydrogens is 342 g/mol. The van der Waals surface area contributed by atoms with E-state index in [0.717, 1.165) is 73.5 Å². The van der Waals surface area contributed by atoms with Crippen LogP contribution in [0.4, 0.5) is 11.6 Å². The fourth-order valence-corrected chi connectivity index (χ4v) is 4.09. The van der Waals surface area contributed by atoms with Crippen LogP contribution in [0.3, 0.4) is 0 Å². The Bertz CT molecular complexity index is 993. The van der Waals surface area contributed by atoms with Gasteiger partial charge in [-0.05, 0) is 25.0 Å². The SMILES string of the molecule is CNc1ccc2c(n1)CCN(c1ncnn3c(C)nc([C@@H]4CCOC4)c13)C2. The molecule has 2 aliphatic rings. The van der Waals surface area contributed by atoms with Gasteiger partial charge in [-0.15, -0.1) is 0 Å². The molecule has 1 saturated heterocycles. The molecule has 27 heavy (non-hydrogen) atoms. The lowest BCUT2D eigenvalue weighted by molar-refractivity contribution is 0.193. The maximum absolute atomic E-state index is 5.61. The summed E-state index contributed by atoms with van der Waals surface area (Å²) in [4.78, 5) is 16.5. The topological polar surface area (TPSA) is 80.5 Å². The molecule has 0 spiro atoms. The van der Waals surface area contributed by atoms with Gasteiger partial charge in [0, 0.05) is 44.8 Å². The summed E-state index contributed by atoms with van der Waals surface area (Å²) in [6.07, 6.45) is 3.53. The zero-order chi connectivity index (χ0) is 18.4. The number of aromatic nitrogens is 5. The summed E-state index contributed by atoms with van der Waals surface area (Å²) < 4.78 is 7.53. The van der Waals surface area contributed by atoms with Crippen LogP contribution >= 0.6 is 0 Å². The average Bonchev–Trinajstić information content (AvgIpc) is 3.35. The number of hydrogen-bond donors (Lipinski definition) is 1. The quantitative estimate of drug-likeness (QED) is 0.760. The van der Waals surface area contributed by atoms with E-state index in [1.807, 2.05) is 24.6 Å². The van der Waals surface area contributed by atoms with Crippen LogP contribution in [0, 0.1) is 6.92 Å². The van der Waals surface area contributed by atoms with Gasteiger partial charge >= 0.3 is 0 Å². The highest BCUT2D eigenvalue weighted by atomic mass is 16.5. The highest BCUT2D eigenvalue weighted by Gasteiger charge is 2.28. The van der Waals surface area contributed by atoms with Crippen LogP contribution in [0.25, 0.3) is 5.52 Å². The van der Waals surface area contributed by atoms with Gasteiger partial charge in [0.2, 0.25) is 0 Å². The number of rotatable bonds is 3. The van der Waals surface area contributed by atoms with E-state index < -0.39 is 0 Å². The predicted molar refractivity (Wildman–Crippen MR) is 102 cm³/mol. The number of nitrogens with one attached hydrogen (secondary N) is 1. The van der Waals surface area contributed by atoms with Gasteiger partial charge in [0.1, 0.15) is 23.5 Å². The van der Waals surface area contributed by atoms with Crippen LogP contribution in [0.15, 0.2) is 18.5 Å². The Morgan fingerprint density at radius 2 is 2.19 bits per heavy atom. The van der Waals surface area contributed by atoms with Crippen LogP contribution in [0.2, 0.25) is 0 Å². The van der Waals surface area contributed by atoms with E-state index in [4.69, 9.17) is 14.7 Å². The number of hydrogen-bond acceptors (Lipinski definition) is 7. The zero-order valence-corrected chi connectivity index (χ0v) is 15.6. The largest absolute Gasteiger partial charge is 0.381 e. The van der Waals surface area contributed by atoms with E-state index in [2.05, 4.69) is 26.4 Å². The molecule has 0 unspecified atom stereocenters. The number of nitrogens with zero attached hydrogens (tertiary/aromatic N) is 6. The van der Waals surface area contributed by atoms with Crippen molar-refractivity contribution in [3.8, 4) is 0 Å². The minimum Gasteiger partial charge on any atom is -0.381 e. The first kappa shape index (κ1) is 16.4. The zero-order valence-electron chi connectivity index (χ0n) is 15.6. The maximum atomic E-state index is 5.61. The lowest BCUT2D eigenvalue weighted by Crippen LogP contribution is -2.32. The van der Waals surface area contributed by atoms with E-state index >= 15 is 0 Å². The second-order valence-corrected chi connectivity index (χ2v) is 7.17. The van der Waals surface area contributed by atoms with Crippen molar-refractivity contribution in [2.24, 2.45) is 0 Å². The lowest BCUT2D eigenvalue weighted by Gasteiger charge is -2.30. The number of ether oxygens (including phenoxy) is 1. The summed E-state index contributed by atoms with van der Waals surface area (Å²) in [5.74, 6) is 3.08. The van der Waals surface area contributed by atoms with Gasteiger partial charge in [-0.3, -0.25) is 0 Å². The van der Waals surface area contributed by atoms with Crippen molar-refractivity contribution in [2.75, 3.05) is 37.0 Å². The van der Waals surface area contributed by atoms with E-state index in [0.29, 0.717) is 5.92 Å². The van der Waals surface area contributed by atoms with Crippen molar-refractivity contribution >= 4 is 17.2 Å². The van der Waals surface area contributed by atoms with E-state index in [9.17, 15) is 0 Å². The molecule has 3 aromatic heterocycles. The second-order valence-electron chi connectivity index (χ2n) is 7.17. The highest BCUT2D eigenvalue weighted by Crippen LogP contribution is 2.34. The van der Waals surface area contributed by atoms with Gasteiger partial charge < -0.3 is 15.0 Å². The third-order valence-corrected chi connectivity index (χ3v) is 5.52. The van der Waals surface area contributed by atoms with Gasteiger partial charge in [-0.25, -0.2) is 19.5 Å². The molecule has 0 saturated carbocycles. The predicted octanol–water partition coefficient (Wildman–Crippen LogP) is 1.94. The van der Waals surface area contributed by atoms with Crippen molar-refractivity contribution in [3.05, 3.63) is 41.2 Å². The average molecular weight is 365 g/mol. The minimum atomic E-state index is 0.315. The van der Waals surface area contributed by atoms with Crippen LogP contribution < -0.4 is 10.2 Å². The Morgan fingerprint density at radius 1 is 1.26 bits per heavy atom. The summed E-state index contributed by atoms with van der Waals surface area (Å²) in [6, 6.07) is 4.19. The van der Waals surface area contributed by atoms with Crippen molar-refractivity contribution in [1.29, 1.82) is 0 Å². The van der Waals surface area contributed by atoms with Crippen LogP contribution in [0.5, 0.6) is 0 Å².